The van der Waals surface area contributed by atoms with E-state index in [4.69, 9.17) is 13.9 Å². The first-order valence-corrected chi connectivity index (χ1v) is 8.98. The second kappa shape index (κ2) is 8.65. The third-order valence-corrected chi connectivity index (χ3v) is 4.80. The number of nitrogens with zero attached hydrogens (tertiary/aromatic N) is 1. The monoisotopic (exact) mass is 337 g/mol. The predicted molar refractivity (Wildman–Crippen MR) is 87.2 cm³/mol. The number of hydrogen-bond donors (Lipinski definition) is 1. The molecule has 1 aromatic heterocycles. The summed E-state index contributed by atoms with van der Waals surface area (Å²) in [5.41, 5.74) is 0. The van der Waals surface area contributed by atoms with Crippen LogP contribution in [0.25, 0.3) is 0 Å². The Kier molecular flexibility index (Phi) is 6.29. The molecular weight excluding hydrogens is 310 g/mol. The van der Waals surface area contributed by atoms with Crippen molar-refractivity contribution in [2.45, 2.75) is 63.4 Å². The summed E-state index contributed by atoms with van der Waals surface area (Å²) in [7, 11) is 0. The van der Waals surface area contributed by atoms with Gasteiger partial charge >= 0.3 is 0 Å². The molecule has 3 heterocycles. The van der Waals surface area contributed by atoms with E-state index < -0.39 is 12.4 Å². The van der Waals surface area contributed by atoms with Crippen LogP contribution in [0.3, 0.4) is 0 Å². The number of rotatable bonds is 5. The first kappa shape index (κ1) is 17.5. The van der Waals surface area contributed by atoms with Crippen molar-refractivity contribution in [2.24, 2.45) is 0 Å². The molecule has 2 atom stereocenters. The maximum absolute atomic E-state index is 12.8. The number of aliphatic hydroxyl groups excluding tert-OH is 1. The fourth-order valence-corrected chi connectivity index (χ4v) is 3.52. The molecule has 2 aliphatic heterocycles. The van der Waals surface area contributed by atoms with Gasteiger partial charge in [-0.15, -0.1) is 0 Å². The molecule has 6 nitrogen and oxygen atoms in total. The van der Waals surface area contributed by atoms with Crippen molar-refractivity contribution in [1.82, 2.24) is 4.90 Å². The number of furan rings is 1. The number of likely N-dealkylation sites (tertiary alicyclic amines) is 1. The van der Waals surface area contributed by atoms with Gasteiger partial charge in [-0.05, 0) is 31.4 Å². The van der Waals surface area contributed by atoms with E-state index in [1.54, 1.807) is 18.4 Å². The Morgan fingerprint density at radius 2 is 2.08 bits per heavy atom. The zero-order valence-electron chi connectivity index (χ0n) is 14.1. The Labute approximate surface area is 142 Å². The van der Waals surface area contributed by atoms with Crippen LogP contribution in [0.15, 0.2) is 22.8 Å². The van der Waals surface area contributed by atoms with E-state index in [-0.39, 0.29) is 18.4 Å². The van der Waals surface area contributed by atoms with Crippen LogP contribution in [0.4, 0.5) is 0 Å². The fraction of sp³-hybridized carbons (Fsp3) is 0.722. The first-order valence-electron chi connectivity index (χ1n) is 8.98. The smallest absolute Gasteiger partial charge is 0.227 e. The van der Waals surface area contributed by atoms with Gasteiger partial charge in [-0.1, -0.05) is 12.8 Å². The Morgan fingerprint density at radius 1 is 1.25 bits per heavy atom. The van der Waals surface area contributed by atoms with Crippen LogP contribution >= 0.6 is 0 Å². The molecule has 134 valence electrons. The molecule has 0 bridgehead atoms. The van der Waals surface area contributed by atoms with Crippen LogP contribution in [0.5, 0.6) is 0 Å². The highest BCUT2D eigenvalue weighted by atomic mass is 16.7. The number of ether oxygens (including phenoxy) is 2. The predicted octanol–water partition coefficient (Wildman–Crippen LogP) is 2.63. The molecule has 0 unspecified atom stereocenters. The van der Waals surface area contributed by atoms with Crippen molar-refractivity contribution in [3.05, 3.63) is 24.2 Å². The molecule has 2 aliphatic rings. The highest BCUT2D eigenvalue weighted by molar-refractivity contribution is 5.77. The SMILES string of the molecule is O=C(CC1OCCCO1)N1CCCCC[C@H]1C[C@@H](O)c1ccco1. The van der Waals surface area contributed by atoms with Crippen molar-refractivity contribution in [1.29, 1.82) is 0 Å². The summed E-state index contributed by atoms with van der Waals surface area (Å²) >= 11 is 0. The number of hydrogen-bond acceptors (Lipinski definition) is 5. The molecule has 0 aromatic carbocycles. The third kappa shape index (κ3) is 4.59. The molecule has 2 saturated heterocycles. The number of aliphatic hydroxyl groups is 1. The van der Waals surface area contributed by atoms with Gasteiger partial charge in [0.05, 0.1) is 25.9 Å². The van der Waals surface area contributed by atoms with Gasteiger partial charge in [0.25, 0.3) is 0 Å². The average Bonchev–Trinajstić information content (AvgIpc) is 3.03. The number of carbonyl (C=O) groups excluding carboxylic acids is 1. The minimum absolute atomic E-state index is 0.0312. The van der Waals surface area contributed by atoms with Crippen molar-refractivity contribution < 1.29 is 23.8 Å². The first-order chi connectivity index (χ1) is 11.7. The van der Waals surface area contributed by atoms with Gasteiger partial charge < -0.3 is 23.9 Å². The molecule has 0 spiro atoms. The van der Waals surface area contributed by atoms with Gasteiger partial charge in [0.2, 0.25) is 5.91 Å². The zero-order valence-corrected chi connectivity index (χ0v) is 14.1. The number of carbonyl (C=O) groups is 1. The van der Waals surface area contributed by atoms with E-state index in [0.717, 1.165) is 38.6 Å². The Bertz CT molecular complexity index is 498. The minimum Gasteiger partial charge on any atom is -0.467 e. The maximum atomic E-state index is 12.8. The topological polar surface area (TPSA) is 72.1 Å². The van der Waals surface area contributed by atoms with Crippen molar-refractivity contribution in [3.63, 3.8) is 0 Å². The summed E-state index contributed by atoms with van der Waals surface area (Å²) < 4.78 is 16.3. The maximum Gasteiger partial charge on any atom is 0.227 e. The van der Waals surface area contributed by atoms with E-state index >= 15 is 0 Å². The molecule has 0 saturated carbocycles. The van der Waals surface area contributed by atoms with Gasteiger partial charge in [-0.3, -0.25) is 4.79 Å². The van der Waals surface area contributed by atoms with Crippen molar-refractivity contribution in [3.8, 4) is 0 Å². The van der Waals surface area contributed by atoms with E-state index in [1.165, 1.54) is 0 Å². The lowest BCUT2D eigenvalue weighted by atomic mass is 10.0. The summed E-state index contributed by atoms with van der Waals surface area (Å²) in [5, 5.41) is 10.4. The normalized spacial score (nSPS) is 24.5. The van der Waals surface area contributed by atoms with Crippen LogP contribution in [-0.4, -0.2) is 48.0 Å². The molecule has 1 N–H and O–H groups in total. The van der Waals surface area contributed by atoms with E-state index in [9.17, 15) is 9.90 Å². The lowest BCUT2D eigenvalue weighted by Crippen LogP contribution is -2.43. The van der Waals surface area contributed by atoms with Crippen LogP contribution < -0.4 is 0 Å². The van der Waals surface area contributed by atoms with Crippen LogP contribution in [0, 0.1) is 0 Å². The molecule has 1 amide bonds. The molecular formula is C18H27NO5. The molecule has 0 aliphatic carbocycles. The summed E-state index contributed by atoms with van der Waals surface area (Å²) in [5.74, 6) is 0.617. The summed E-state index contributed by atoms with van der Waals surface area (Å²) in [6.45, 7) is 2.04. The molecule has 1 aromatic rings. The van der Waals surface area contributed by atoms with Crippen LogP contribution in [0.2, 0.25) is 0 Å². The number of amides is 1. The Hall–Kier alpha value is -1.37. The quantitative estimate of drug-likeness (QED) is 0.894. The van der Waals surface area contributed by atoms with Crippen LogP contribution in [0.1, 0.15) is 56.8 Å². The highest BCUT2D eigenvalue weighted by Gasteiger charge is 2.30. The summed E-state index contributed by atoms with van der Waals surface area (Å²) in [6, 6.07) is 3.58. The molecule has 6 heteroatoms. The highest BCUT2D eigenvalue weighted by Crippen LogP contribution is 2.27. The van der Waals surface area contributed by atoms with E-state index in [2.05, 4.69) is 0 Å². The Morgan fingerprint density at radius 3 is 2.83 bits per heavy atom. The van der Waals surface area contributed by atoms with Gasteiger partial charge in [0.1, 0.15) is 11.9 Å². The van der Waals surface area contributed by atoms with Gasteiger partial charge in [0, 0.05) is 19.0 Å². The average molecular weight is 337 g/mol. The fourth-order valence-electron chi connectivity index (χ4n) is 3.52. The minimum atomic E-state index is -0.680. The van der Waals surface area contributed by atoms with Crippen molar-refractivity contribution in [2.75, 3.05) is 19.8 Å². The standard InChI is InChI=1S/C18H27NO5/c20-15(16-7-4-9-22-16)12-14-6-2-1-3-8-19(14)17(21)13-18-23-10-5-11-24-18/h4,7,9,14-15,18,20H,1-3,5-6,8,10-13H2/t14-,15+/m0/s1. The zero-order chi connectivity index (χ0) is 16.8. The molecule has 2 fully saturated rings. The summed E-state index contributed by atoms with van der Waals surface area (Å²) in [4.78, 5) is 14.7. The molecule has 0 radical (unpaired) electrons. The molecule has 3 rings (SSSR count). The third-order valence-electron chi connectivity index (χ3n) is 4.80. The second-order valence-electron chi connectivity index (χ2n) is 6.59. The lowest BCUT2D eigenvalue weighted by Gasteiger charge is -2.33. The van der Waals surface area contributed by atoms with Gasteiger partial charge in [-0.2, -0.15) is 0 Å². The Balaban J connectivity index is 1.61. The van der Waals surface area contributed by atoms with E-state index in [0.29, 0.717) is 25.4 Å². The van der Waals surface area contributed by atoms with Gasteiger partial charge in [-0.25, -0.2) is 0 Å². The van der Waals surface area contributed by atoms with Gasteiger partial charge in [0.15, 0.2) is 6.29 Å². The summed E-state index contributed by atoms with van der Waals surface area (Å²) in [6.07, 6.45) is 6.22. The molecule has 24 heavy (non-hydrogen) atoms. The largest absolute Gasteiger partial charge is 0.467 e. The van der Waals surface area contributed by atoms with E-state index in [1.807, 2.05) is 4.90 Å². The van der Waals surface area contributed by atoms with Crippen molar-refractivity contribution >= 4 is 5.91 Å². The second-order valence-corrected chi connectivity index (χ2v) is 6.59. The lowest BCUT2D eigenvalue weighted by molar-refractivity contribution is -0.187. The van der Waals surface area contributed by atoms with Crippen LogP contribution in [-0.2, 0) is 14.3 Å².